The second kappa shape index (κ2) is 5.00. The zero-order valence-electron chi connectivity index (χ0n) is 11.7. The Labute approximate surface area is 127 Å². The van der Waals surface area contributed by atoms with Gasteiger partial charge in [-0.15, -0.1) is 0 Å². The number of pyridine rings is 1. The molecule has 0 spiro atoms. The van der Waals surface area contributed by atoms with Gasteiger partial charge in [-0.05, 0) is 29.0 Å². The Morgan fingerprint density at radius 2 is 1.77 bits per heavy atom. The first kappa shape index (κ1) is 12.6. The van der Waals surface area contributed by atoms with Crippen molar-refractivity contribution in [2.45, 2.75) is 0 Å². The fourth-order valence-corrected chi connectivity index (χ4v) is 2.63. The molecule has 4 nitrogen and oxygen atoms in total. The van der Waals surface area contributed by atoms with E-state index in [4.69, 9.17) is 0 Å². The van der Waals surface area contributed by atoms with E-state index >= 15 is 0 Å². The lowest BCUT2D eigenvalue weighted by Gasteiger charge is -2.07. The Balaban J connectivity index is 1.75. The summed E-state index contributed by atoms with van der Waals surface area (Å²) in [7, 11) is 0. The van der Waals surface area contributed by atoms with Gasteiger partial charge in [-0.25, -0.2) is 4.98 Å². The molecule has 0 saturated heterocycles. The van der Waals surface area contributed by atoms with Crippen LogP contribution < -0.4 is 5.32 Å². The number of nitrogens with one attached hydrogen (secondary N) is 1. The Hall–Kier alpha value is -3.14. The van der Waals surface area contributed by atoms with Gasteiger partial charge in [0.05, 0.1) is 11.7 Å². The van der Waals surface area contributed by atoms with E-state index in [1.165, 1.54) is 0 Å². The molecule has 2 aromatic heterocycles. The fraction of sp³-hybridized carbons (Fsp3) is 0. The number of imidazole rings is 1. The van der Waals surface area contributed by atoms with Gasteiger partial charge in [0.15, 0.2) is 0 Å². The standard InChI is InChI=1S/C18H13N3O/c22-17(16-10-5-7-13-6-1-2-9-15(13)16)20-18-19-12-14-8-3-4-11-21(14)18/h1-12H,(H,19,20,22). The first-order chi connectivity index (χ1) is 10.8. The number of fused-ring (bicyclic) bond motifs is 2. The van der Waals surface area contributed by atoms with Gasteiger partial charge in [-0.2, -0.15) is 0 Å². The van der Waals surface area contributed by atoms with Crippen LogP contribution in [0.5, 0.6) is 0 Å². The van der Waals surface area contributed by atoms with E-state index in [9.17, 15) is 4.79 Å². The number of rotatable bonds is 2. The number of hydrogen-bond donors (Lipinski definition) is 1. The largest absolute Gasteiger partial charge is 0.292 e. The molecule has 0 radical (unpaired) electrons. The van der Waals surface area contributed by atoms with Crippen molar-refractivity contribution < 1.29 is 4.79 Å². The van der Waals surface area contributed by atoms with Crippen LogP contribution in [-0.2, 0) is 0 Å². The van der Waals surface area contributed by atoms with Crippen LogP contribution in [0.15, 0.2) is 73.1 Å². The molecule has 4 rings (SSSR count). The Morgan fingerprint density at radius 3 is 2.73 bits per heavy atom. The van der Waals surface area contributed by atoms with E-state index in [1.54, 1.807) is 6.20 Å². The van der Waals surface area contributed by atoms with Crippen LogP contribution in [-0.4, -0.2) is 15.3 Å². The molecule has 1 N–H and O–H groups in total. The number of aromatic nitrogens is 2. The summed E-state index contributed by atoms with van der Waals surface area (Å²) in [6, 6.07) is 19.3. The van der Waals surface area contributed by atoms with Crippen LogP contribution in [0.4, 0.5) is 5.95 Å². The van der Waals surface area contributed by atoms with E-state index in [0.29, 0.717) is 11.5 Å². The lowest BCUT2D eigenvalue weighted by molar-refractivity contribution is 0.102. The molecular weight excluding hydrogens is 274 g/mol. The second-order valence-electron chi connectivity index (χ2n) is 5.06. The molecule has 0 aliphatic carbocycles. The van der Waals surface area contributed by atoms with Gasteiger partial charge in [0.1, 0.15) is 0 Å². The summed E-state index contributed by atoms with van der Waals surface area (Å²) in [4.78, 5) is 16.9. The minimum Gasteiger partial charge on any atom is -0.292 e. The third-order valence-corrected chi connectivity index (χ3v) is 3.70. The van der Waals surface area contributed by atoms with Crippen LogP contribution in [0.25, 0.3) is 16.3 Å². The number of nitrogens with zero attached hydrogens (tertiary/aromatic N) is 2. The van der Waals surface area contributed by atoms with Crippen molar-refractivity contribution in [3.05, 3.63) is 78.6 Å². The molecule has 2 aromatic carbocycles. The van der Waals surface area contributed by atoms with Crippen molar-refractivity contribution in [1.29, 1.82) is 0 Å². The highest BCUT2D eigenvalue weighted by molar-refractivity contribution is 6.12. The lowest BCUT2D eigenvalue weighted by atomic mass is 10.0. The summed E-state index contributed by atoms with van der Waals surface area (Å²) < 4.78 is 1.85. The molecule has 0 fully saturated rings. The molecule has 0 atom stereocenters. The molecule has 0 unspecified atom stereocenters. The number of carbonyl (C=O) groups excluding carboxylic acids is 1. The van der Waals surface area contributed by atoms with Gasteiger partial charge in [0, 0.05) is 11.8 Å². The summed E-state index contributed by atoms with van der Waals surface area (Å²) in [5.41, 5.74) is 1.58. The van der Waals surface area contributed by atoms with Crippen LogP contribution in [0.1, 0.15) is 10.4 Å². The lowest BCUT2D eigenvalue weighted by Crippen LogP contribution is -2.14. The third kappa shape index (κ3) is 2.02. The average molecular weight is 287 g/mol. The first-order valence-electron chi connectivity index (χ1n) is 7.04. The fourth-order valence-electron chi connectivity index (χ4n) is 2.63. The van der Waals surface area contributed by atoms with Crippen molar-refractivity contribution in [2.24, 2.45) is 0 Å². The Morgan fingerprint density at radius 1 is 0.955 bits per heavy atom. The maximum Gasteiger partial charge on any atom is 0.258 e. The van der Waals surface area contributed by atoms with E-state index < -0.39 is 0 Å². The molecule has 4 heteroatoms. The van der Waals surface area contributed by atoms with E-state index in [0.717, 1.165) is 16.3 Å². The highest BCUT2D eigenvalue weighted by Crippen LogP contribution is 2.20. The number of amides is 1. The highest BCUT2D eigenvalue weighted by Gasteiger charge is 2.12. The smallest absolute Gasteiger partial charge is 0.258 e. The molecule has 0 aliphatic heterocycles. The Kier molecular flexibility index (Phi) is 2.86. The highest BCUT2D eigenvalue weighted by atomic mass is 16.1. The SMILES string of the molecule is O=C(Nc1ncc2ccccn12)c1cccc2ccccc12. The van der Waals surface area contributed by atoms with Crippen LogP contribution in [0.2, 0.25) is 0 Å². The third-order valence-electron chi connectivity index (χ3n) is 3.70. The number of benzene rings is 2. The maximum atomic E-state index is 12.6. The van der Waals surface area contributed by atoms with Gasteiger partial charge >= 0.3 is 0 Å². The zero-order valence-corrected chi connectivity index (χ0v) is 11.7. The molecular formula is C18H13N3O. The van der Waals surface area contributed by atoms with Gasteiger partial charge in [0.2, 0.25) is 5.95 Å². The van der Waals surface area contributed by atoms with E-state index in [-0.39, 0.29) is 5.91 Å². The predicted octanol–water partition coefficient (Wildman–Crippen LogP) is 3.74. The van der Waals surface area contributed by atoms with Gasteiger partial charge in [-0.3, -0.25) is 14.5 Å². The first-order valence-corrected chi connectivity index (χ1v) is 7.04. The molecule has 2 heterocycles. The topological polar surface area (TPSA) is 46.4 Å². The van der Waals surface area contributed by atoms with Gasteiger partial charge < -0.3 is 0 Å². The molecule has 1 amide bonds. The summed E-state index contributed by atoms with van der Waals surface area (Å²) in [6.45, 7) is 0. The normalized spacial score (nSPS) is 10.9. The summed E-state index contributed by atoms with van der Waals surface area (Å²) in [5.74, 6) is 0.363. The predicted molar refractivity (Wildman–Crippen MR) is 87.1 cm³/mol. The minimum atomic E-state index is -0.159. The maximum absolute atomic E-state index is 12.6. The number of hydrogen-bond acceptors (Lipinski definition) is 2. The summed E-state index contributed by atoms with van der Waals surface area (Å²) in [6.07, 6.45) is 3.61. The van der Waals surface area contributed by atoms with E-state index in [2.05, 4.69) is 10.3 Å². The molecule has 22 heavy (non-hydrogen) atoms. The van der Waals surface area contributed by atoms with Crippen molar-refractivity contribution in [3.8, 4) is 0 Å². The van der Waals surface area contributed by atoms with Crippen molar-refractivity contribution in [2.75, 3.05) is 5.32 Å². The van der Waals surface area contributed by atoms with Crippen LogP contribution >= 0.6 is 0 Å². The molecule has 106 valence electrons. The van der Waals surface area contributed by atoms with Gasteiger partial charge in [-0.1, -0.05) is 42.5 Å². The quantitative estimate of drug-likeness (QED) is 0.610. The monoisotopic (exact) mass is 287 g/mol. The summed E-state index contributed by atoms with van der Waals surface area (Å²) in [5, 5.41) is 4.86. The van der Waals surface area contributed by atoms with E-state index in [1.807, 2.05) is 71.3 Å². The molecule has 0 aliphatic rings. The summed E-state index contributed by atoms with van der Waals surface area (Å²) >= 11 is 0. The van der Waals surface area contributed by atoms with Gasteiger partial charge in [0.25, 0.3) is 5.91 Å². The van der Waals surface area contributed by atoms with Crippen LogP contribution in [0, 0.1) is 0 Å². The second-order valence-corrected chi connectivity index (χ2v) is 5.06. The molecule has 0 saturated carbocycles. The van der Waals surface area contributed by atoms with Crippen molar-refractivity contribution >= 4 is 28.1 Å². The Bertz CT molecular complexity index is 982. The van der Waals surface area contributed by atoms with Crippen molar-refractivity contribution in [3.63, 3.8) is 0 Å². The zero-order chi connectivity index (χ0) is 14.9. The number of anilines is 1. The minimum absolute atomic E-state index is 0.159. The average Bonchev–Trinajstić information content (AvgIpc) is 2.97. The molecule has 0 bridgehead atoms. The number of carbonyl (C=O) groups is 1. The van der Waals surface area contributed by atoms with Crippen molar-refractivity contribution in [1.82, 2.24) is 9.38 Å². The van der Waals surface area contributed by atoms with Crippen LogP contribution in [0.3, 0.4) is 0 Å². The molecule has 4 aromatic rings.